The van der Waals surface area contributed by atoms with Crippen LogP contribution in [0.15, 0.2) is 29.3 Å². The fraction of sp³-hybridized carbons (Fsp3) is 0. The topological polar surface area (TPSA) is 0 Å². The summed E-state index contributed by atoms with van der Waals surface area (Å²) >= 11 is 3.20. The van der Waals surface area contributed by atoms with Gasteiger partial charge in [0.15, 0.2) is 0 Å². The highest BCUT2D eigenvalue weighted by Gasteiger charge is 1.95. The summed E-state index contributed by atoms with van der Waals surface area (Å²) in [6.45, 7) is 3.57. The smallest absolute Gasteiger partial charge is 0.124 e. The summed E-state index contributed by atoms with van der Waals surface area (Å²) in [5.41, 5.74) is 0.904. The molecule has 1 aromatic carbocycles. The SMILES string of the molecule is C=Cc1ccc(F)cc1Br. The lowest BCUT2D eigenvalue weighted by atomic mass is 10.2. The van der Waals surface area contributed by atoms with Crippen molar-refractivity contribution in [2.45, 2.75) is 0 Å². The predicted molar refractivity (Wildman–Crippen MR) is 44.2 cm³/mol. The Labute approximate surface area is 67.5 Å². The first-order chi connectivity index (χ1) is 4.74. The third-order valence-corrected chi connectivity index (χ3v) is 1.87. The van der Waals surface area contributed by atoms with E-state index in [9.17, 15) is 4.39 Å². The van der Waals surface area contributed by atoms with Crippen molar-refractivity contribution in [1.82, 2.24) is 0 Å². The van der Waals surface area contributed by atoms with E-state index >= 15 is 0 Å². The van der Waals surface area contributed by atoms with Crippen LogP contribution in [0.4, 0.5) is 4.39 Å². The van der Waals surface area contributed by atoms with E-state index in [2.05, 4.69) is 22.5 Å². The zero-order valence-corrected chi connectivity index (χ0v) is 6.86. The Bertz CT molecular complexity index is 255. The monoisotopic (exact) mass is 200 g/mol. The van der Waals surface area contributed by atoms with Gasteiger partial charge in [-0.05, 0) is 17.7 Å². The molecule has 0 radical (unpaired) electrons. The summed E-state index contributed by atoms with van der Waals surface area (Å²) in [6.07, 6.45) is 1.67. The maximum atomic E-state index is 12.4. The van der Waals surface area contributed by atoms with Crippen molar-refractivity contribution in [2.24, 2.45) is 0 Å². The van der Waals surface area contributed by atoms with Gasteiger partial charge < -0.3 is 0 Å². The maximum absolute atomic E-state index is 12.4. The minimum absolute atomic E-state index is 0.238. The van der Waals surface area contributed by atoms with Gasteiger partial charge >= 0.3 is 0 Å². The van der Waals surface area contributed by atoms with E-state index < -0.39 is 0 Å². The van der Waals surface area contributed by atoms with Gasteiger partial charge in [-0.15, -0.1) is 0 Å². The fourth-order valence-electron chi connectivity index (χ4n) is 0.667. The highest BCUT2D eigenvalue weighted by molar-refractivity contribution is 9.10. The summed E-state index contributed by atoms with van der Waals surface area (Å²) in [5.74, 6) is -0.238. The standard InChI is InChI=1S/C8H6BrF/c1-2-6-3-4-7(10)5-8(6)9/h2-5H,1H2. The van der Waals surface area contributed by atoms with Crippen LogP contribution >= 0.6 is 15.9 Å². The molecule has 1 aromatic rings. The number of benzene rings is 1. The van der Waals surface area contributed by atoms with Crippen molar-refractivity contribution in [3.8, 4) is 0 Å². The Morgan fingerprint density at radius 3 is 2.70 bits per heavy atom. The Balaban J connectivity index is 3.19. The molecule has 0 aliphatic rings. The normalized spacial score (nSPS) is 9.40. The van der Waals surface area contributed by atoms with Crippen LogP contribution < -0.4 is 0 Å². The average molecular weight is 201 g/mol. The molecule has 0 nitrogen and oxygen atoms in total. The molecule has 10 heavy (non-hydrogen) atoms. The summed E-state index contributed by atoms with van der Waals surface area (Å²) in [7, 11) is 0. The zero-order valence-electron chi connectivity index (χ0n) is 5.27. The lowest BCUT2D eigenvalue weighted by Gasteiger charge is -1.95. The third kappa shape index (κ3) is 1.45. The Kier molecular flexibility index (Phi) is 2.22. The van der Waals surface area contributed by atoms with E-state index in [1.165, 1.54) is 12.1 Å². The second kappa shape index (κ2) is 2.97. The Hall–Kier alpha value is -0.630. The minimum Gasteiger partial charge on any atom is -0.207 e. The molecule has 0 spiro atoms. The molecule has 1 rings (SSSR count). The van der Waals surface area contributed by atoms with Gasteiger partial charge in [0.2, 0.25) is 0 Å². The first-order valence-electron chi connectivity index (χ1n) is 2.81. The molecule has 0 unspecified atom stereocenters. The molecular formula is C8H6BrF. The summed E-state index contributed by atoms with van der Waals surface area (Å²) in [6, 6.07) is 4.49. The largest absolute Gasteiger partial charge is 0.207 e. The quantitative estimate of drug-likeness (QED) is 0.654. The first kappa shape index (κ1) is 7.48. The minimum atomic E-state index is -0.238. The second-order valence-corrected chi connectivity index (χ2v) is 2.72. The van der Waals surface area contributed by atoms with E-state index in [1.807, 2.05) is 0 Å². The molecule has 0 aliphatic heterocycles. The first-order valence-corrected chi connectivity index (χ1v) is 3.61. The molecule has 0 atom stereocenters. The van der Waals surface area contributed by atoms with E-state index in [0.29, 0.717) is 0 Å². The van der Waals surface area contributed by atoms with Gasteiger partial charge in [-0.25, -0.2) is 4.39 Å². The number of rotatable bonds is 1. The third-order valence-electron chi connectivity index (χ3n) is 1.18. The highest BCUT2D eigenvalue weighted by atomic mass is 79.9. The molecule has 2 heteroatoms. The van der Waals surface area contributed by atoms with Crippen LogP contribution in [-0.4, -0.2) is 0 Å². The van der Waals surface area contributed by atoms with Crippen LogP contribution in [0.1, 0.15) is 5.56 Å². The molecule has 52 valence electrons. The molecule has 0 bridgehead atoms. The van der Waals surface area contributed by atoms with Gasteiger partial charge in [0, 0.05) is 4.47 Å². The van der Waals surface area contributed by atoms with Gasteiger partial charge in [-0.1, -0.05) is 34.7 Å². The van der Waals surface area contributed by atoms with Crippen LogP contribution in [0.3, 0.4) is 0 Å². The molecule has 0 amide bonds. The van der Waals surface area contributed by atoms with Crippen molar-refractivity contribution in [2.75, 3.05) is 0 Å². The average Bonchev–Trinajstić information content (AvgIpc) is 1.88. The molecule has 0 saturated heterocycles. The van der Waals surface area contributed by atoms with E-state index in [-0.39, 0.29) is 5.82 Å². The Morgan fingerprint density at radius 1 is 1.50 bits per heavy atom. The highest BCUT2D eigenvalue weighted by Crippen LogP contribution is 2.18. The van der Waals surface area contributed by atoms with Gasteiger partial charge in [0.25, 0.3) is 0 Å². The van der Waals surface area contributed by atoms with Crippen LogP contribution in [0.25, 0.3) is 6.08 Å². The molecule has 0 aliphatic carbocycles. The van der Waals surface area contributed by atoms with Crippen LogP contribution in [-0.2, 0) is 0 Å². The molecule has 0 N–H and O–H groups in total. The molecular weight excluding hydrogens is 195 g/mol. The van der Waals surface area contributed by atoms with Crippen molar-refractivity contribution in [3.63, 3.8) is 0 Å². The number of hydrogen-bond donors (Lipinski definition) is 0. The van der Waals surface area contributed by atoms with Crippen LogP contribution in [0, 0.1) is 5.82 Å². The van der Waals surface area contributed by atoms with E-state index in [0.717, 1.165) is 10.0 Å². The molecule has 0 fully saturated rings. The number of halogens is 2. The fourth-order valence-corrected chi connectivity index (χ4v) is 1.18. The molecule has 0 saturated carbocycles. The van der Waals surface area contributed by atoms with Gasteiger partial charge in [0.1, 0.15) is 5.82 Å². The molecule has 0 aromatic heterocycles. The summed E-state index contributed by atoms with van der Waals surface area (Å²) < 4.78 is 13.2. The maximum Gasteiger partial charge on any atom is 0.124 e. The van der Waals surface area contributed by atoms with E-state index in [1.54, 1.807) is 12.1 Å². The summed E-state index contributed by atoms with van der Waals surface area (Å²) in [4.78, 5) is 0. The van der Waals surface area contributed by atoms with Crippen LogP contribution in [0.2, 0.25) is 0 Å². The molecule has 0 heterocycles. The number of hydrogen-bond acceptors (Lipinski definition) is 0. The Morgan fingerprint density at radius 2 is 2.20 bits per heavy atom. The van der Waals surface area contributed by atoms with Gasteiger partial charge in [-0.3, -0.25) is 0 Å². The van der Waals surface area contributed by atoms with Crippen molar-refractivity contribution >= 4 is 22.0 Å². The van der Waals surface area contributed by atoms with E-state index in [4.69, 9.17) is 0 Å². The lowest BCUT2D eigenvalue weighted by molar-refractivity contribution is 0.627. The van der Waals surface area contributed by atoms with Crippen molar-refractivity contribution in [3.05, 3.63) is 40.6 Å². The lowest BCUT2D eigenvalue weighted by Crippen LogP contribution is -1.77. The second-order valence-electron chi connectivity index (χ2n) is 1.87. The zero-order chi connectivity index (χ0) is 7.56. The predicted octanol–water partition coefficient (Wildman–Crippen LogP) is 3.23. The van der Waals surface area contributed by atoms with Gasteiger partial charge in [-0.2, -0.15) is 0 Å². The van der Waals surface area contributed by atoms with Gasteiger partial charge in [0.05, 0.1) is 0 Å². The van der Waals surface area contributed by atoms with Crippen LogP contribution in [0.5, 0.6) is 0 Å². The summed E-state index contributed by atoms with van der Waals surface area (Å²) in [5, 5.41) is 0. The van der Waals surface area contributed by atoms with Crippen molar-refractivity contribution in [1.29, 1.82) is 0 Å². The van der Waals surface area contributed by atoms with Crippen molar-refractivity contribution < 1.29 is 4.39 Å².